The van der Waals surface area contributed by atoms with Crippen LogP contribution in [0.15, 0.2) is 42.6 Å². The first-order valence-corrected chi connectivity index (χ1v) is 11.7. The first-order chi connectivity index (χ1) is 15.4. The van der Waals surface area contributed by atoms with Gasteiger partial charge in [-0.25, -0.2) is 9.97 Å². The average molecular weight is 432 g/mol. The zero-order valence-corrected chi connectivity index (χ0v) is 19.3. The Morgan fingerprint density at radius 3 is 2.50 bits per heavy atom. The van der Waals surface area contributed by atoms with Crippen molar-refractivity contribution in [3.05, 3.63) is 48.2 Å². The largest absolute Gasteiger partial charge is 0.508 e. The SMILES string of the molecule is CN1CCN(c2ccc(Nc3ncc4ccc(O)c(C5CCCC5)c4n3)cc2)CC1(C)C. The van der Waals surface area contributed by atoms with Gasteiger partial charge in [0, 0.05) is 53.7 Å². The summed E-state index contributed by atoms with van der Waals surface area (Å²) in [5, 5.41) is 14.9. The van der Waals surface area contributed by atoms with E-state index in [4.69, 9.17) is 4.98 Å². The highest BCUT2D eigenvalue weighted by atomic mass is 16.3. The van der Waals surface area contributed by atoms with Crippen molar-refractivity contribution in [2.24, 2.45) is 0 Å². The number of fused-ring (bicyclic) bond motifs is 1. The number of likely N-dealkylation sites (N-methyl/N-ethyl adjacent to an activating group) is 1. The molecule has 2 fully saturated rings. The number of hydrogen-bond acceptors (Lipinski definition) is 6. The van der Waals surface area contributed by atoms with Gasteiger partial charge in [-0.1, -0.05) is 12.8 Å². The number of anilines is 3. The molecule has 0 unspecified atom stereocenters. The summed E-state index contributed by atoms with van der Waals surface area (Å²) in [6, 6.07) is 12.2. The van der Waals surface area contributed by atoms with Crippen LogP contribution in [0.3, 0.4) is 0 Å². The van der Waals surface area contributed by atoms with E-state index < -0.39 is 0 Å². The minimum Gasteiger partial charge on any atom is -0.508 e. The molecule has 1 aromatic heterocycles. The summed E-state index contributed by atoms with van der Waals surface area (Å²) < 4.78 is 0. The lowest BCUT2D eigenvalue weighted by atomic mass is 9.94. The molecule has 0 spiro atoms. The Balaban J connectivity index is 1.37. The standard InChI is InChI=1S/C26H33N5O/c1-26(2)17-31(15-14-30(26)3)21-11-9-20(10-12-21)28-25-27-16-19-8-13-22(32)23(24(19)29-25)18-6-4-5-7-18/h8-13,16,18,32H,4-7,14-15,17H2,1-3H3,(H,27,28,29). The van der Waals surface area contributed by atoms with E-state index >= 15 is 0 Å². The number of aromatic nitrogens is 2. The topological polar surface area (TPSA) is 64.5 Å². The maximum Gasteiger partial charge on any atom is 0.227 e. The van der Waals surface area contributed by atoms with E-state index in [1.807, 2.05) is 12.3 Å². The molecule has 2 aromatic carbocycles. The summed E-state index contributed by atoms with van der Waals surface area (Å²) in [6.07, 6.45) is 6.51. The van der Waals surface area contributed by atoms with Crippen molar-refractivity contribution in [2.45, 2.75) is 51.0 Å². The van der Waals surface area contributed by atoms with Gasteiger partial charge >= 0.3 is 0 Å². The van der Waals surface area contributed by atoms with Crippen LogP contribution in [-0.2, 0) is 0 Å². The molecule has 3 aromatic rings. The molecule has 5 rings (SSSR count). The fourth-order valence-corrected chi connectivity index (χ4v) is 5.13. The lowest BCUT2D eigenvalue weighted by Crippen LogP contribution is -2.57. The summed E-state index contributed by atoms with van der Waals surface area (Å²) in [5.74, 6) is 1.30. The summed E-state index contributed by atoms with van der Waals surface area (Å²) in [5.41, 5.74) is 4.22. The van der Waals surface area contributed by atoms with Crippen LogP contribution < -0.4 is 10.2 Å². The first-order valence-electron chi connectivity index (χ1n) is 11.7. The Morgan fingerprint density at radius 2 is 1.78 bits per heavy atom. The number of benzene rings is 2. The van der Waals surface area contributed by atoms with Gasteiger partial charge in [-0.05, 0) is 76.1 Å². The second-order valence-corrected chi connectivity index (χ2v) is 9.94. The zero-order chi connectivity index (χ0) is 22.3. The van der Waals surface area contributed by atoms with Crippen LogP contribution in [0.4, 0.5) is 17.3 Å². The zero-order valence-electron chi connectivity index (χ0n) is 19.3. The fraction of sp³-hybridized carbons (Fsp3) is 0.462. The molecule has 1 saturated heterocycles. The lowest BCUT2D eigenvalue weighted by Gasteiger charge is -2.46. The summed E-state index contributed by atoms with van der Waals surface area (Å²) in [4.78, 5) is 14.2. The summed E-state index contributed by atoms with van der Waals surface area (Å²) >= 11 is 0. The quantitative estimate of drug-likeness (QED) is 0.587. The number of nitrogens with one attached hydrogen (secondary N) is 1. The van der Waals surface area contributed by atoms with Crippen molar-refractivity contribution in [1.29, 1.82) is 0 Å². The minimum atomic E-state index is 0.163. The molecule has 0 atom stereocenters. The Labute approximate surface area is 190 Å². The summed E-state index contributed by atoms with van der Waals surface area (Å²) in [6.45, 7) is 7.70. The molecule has 2 heterocycles. The highest BCUT2D eigenvalue weighted by molar-refractivity contribution is 5.85. The van der Waals surface area contributed by atoms with E-state index in [2.05, 4.69) is 65.3 Å². The van der Waals surface area contributed by atoms with Gasteiger partial charge in [0.25, 0.3) is 0 Å². The van der Waals surface area contributed by atoms with Crippen molar-refractivity contribution in [2.75, 3.05) is 36.9 Å². The van der Waals surface area contributed by atoms with Crippen LogP contribution in [0.2, 0.25) is 0 Å². The second kappa shape index (κ2) is 8.24. The van der Waals surface area contributed by atoms with E-state index in [-0.39, 0.29) is 5.54 Å². The molecule has 0 amide bonds. The van der Waals surface area contributed by atoms with Crippen LogP contribution in [0.1, 0.15) is 51.0 Å². The summed E-state index contributed by atoms with van der Waals surface area (Å²) in [7, 11) is 2.20. The number of rotatable bonds is 4. The molecule has 6 nitrogen and oxygen atoms in total. The Hall–Kier alpha value is -2.86. The van der Waals surface area contributed by atoms with Gasteiger partial charge in [-0.2, -0.15) is 0 Å². The van der Waals surface area contributed by atoms with Crippen molar-refractivity contribution < 1.29 is 5.11 Å². The van der Waals surface area contributed by atoms with Crippen LogP contribution in [-0.4, -0.2) is 52.2 Å². The smallest absolute Gasteiger partial charge is 0.227 e. The number of hydrogen-bond donors (Lipinski definition) is 2. The molecular formula is C26H33N5O. The number of phenolic OH excluding ortho intramolecular Hbond substituents is 1. The third-order valence-electron chi connectivity index (χ3n) is 7.34. The van der Waals surface area contributed by atoms with Gasteiger partial charge in [0.15, 0.2) is 0 Å². The maximum absolute atomic E-state index is 10.6. The van der Waals surface area contributed by atoms with Crippen LogP contribution in [0, 0.1) is 0 Å². The van der Waals surface area contributed by atoms with Crippen LogP contribution >= 0.6 is 0 Å². The molecule has 2 N–H and O–H groups in total. The van der Waals surface area contributed by atoms with Crippen molar-refractivity contribution in [3.63, 3.8) is 0 Å². The van der Waals surface area contributed by atoms with Gasteiger partial charge < -0.3 is 15.3 Å². The molecule has 0 radical (unpaired) electrons. The predicted molar refractivity (Wildman–Crippen MR) is 131 cm³/mol. The van der Waals surface area contributed by atoms with Gasteiger partial charge in [0.2, 0.25) is 5.95 Å². The van der Waals surface area contributed by atoms with E-state index in [1.165, 1.54) is 18.5 Å². The number of piperazine rings is 1. The van der Waals surface area contributed by atoms with Crippen LogP contribution in [0.5, 0.6) is 5.75 Å². The fourth-order valence-electron chi connectivity index (χ4n) is 5.13. The third-order valence-corrected chi connectivity index (χ3v) is 7.34. The highest BCUT2D eigenvalue weighted by Crippen LogP contribution is 2.41. The van der Waals surface area contributed by atoms with Crippen molar-refractivity contribution in [3.8, 4) is 5.75 Å². The van der Waals surface area contributed by atoms with Crippen LogP contribution in [0.25, 0.3) is 10.9 Å². The Bertz CT molecular complexity index is 1110. The van der Waals surface area contributed by atoms with Gasteiger partial charge in [-0.3, -0.25) is 4.90 Å². The molecular weight excluding hydrogens is 398 g/mol. The van der Waals surface area contributed by atoms with E-state index in [0.717, 1.165) is 54.6 Å². The molecule has 1 aliphatic carbocycles. The second-order valence-electron chi connectivity index (χ2n) is 9.94. The molecule has 6 heteroatoms. The van der Waals surface area contributed by atoms with Crippen molar-refractivity contribution in [1.82, 2.24) is 14.9 Å². The predicted octanol–water partition coefficient (Wildman–Crippen LogP) is 5.27. The van der Waals surface area contributed by atoms with E-state index in [0.29, 0.717) is 17.6 Å². The number of phenols is 1. The van der Waals surface area contributed by atoms with E-state index in [1.54, 1.807) is 6.07 Å². The molecule has 168 valence electrons. The third kappa shape index (κ3) is 3.99. The highest BCUT2D eigenvalue weighted by Gasteiger charge is 2.31. The minimum absolute atomic E-state index is 0.163. The Morgan fingerprint density at radius 1 is 1.03 bits per heavy atom. The van der Waals surface area contributed by atoms with E-state index in [9.17, 15) is 5.11 Å². The molecule has 2 aliphatic rings. The maximum atomic E-state index is 10.6. The number of aromatic hydroxyl groups is 1. The molecule has 32 heavy (non-hydrogen) atoms. The van der Waals surface area contributed by atoms with Gasteiger partial charge in [0.1, 0.15) is 5.75 Å². The number of nitrogens with zero attached hydrogens (tertiary/aromatic N) is 4. The monoisotopic (exact) mass is 431 g/mol. The first kappa shape index (κ1) is 21.0. The van der Waals surface area contributed by atoms with Crippen molar-refractivity contribution >= 4 is 28.2 Å². The molecule has 0 bridgehead atoms. The van der Waals surface area contributed by atoms with Gasteiger partial charge in [-0.15, -0.1) is 0 Å². The normalized spacial score (nSPS) is 19.5. The Kier molecular flexibility index (Phi) is 5.41. The van der Waals surface area contributed by atoms with Gasteiger partial charge in [0.05, 0.1) is 5.52 Å². The molecule has 1 aliphatic heterocycles. The lowest BCUT2D eigenvalue weighted by molar-refractivity contribution is 0.139. The molecule has 1 saturated carbocycles. The average Bonchev–Trinajstić information content (AvgIpc) is 3.30.